The Morgan fingerprint density at radius 1 is 1.24 bits per heavy atom. The van der Waals surface area contributed by atoms with Crippen LogP contribution in [-0.4, -0.2) is 28.4 Å². The Bertz CT molecular complexity index is 1030. The molecule has 1 aromatic heterocycles. The van der Waals surface area contributed by atoms with E-state index >= 15 is 0 Å². The summed E-state index contributed by atoms with van der Waals surface area (Å²) in [6.45, 7) is 4.19. The second-order valence-electron chi connectivity index (χ2n) is 7.53. The SMILES string of the molecule is CC(C)c1cn([C@H]2C[C@@H]3O[P@](=O)(NCc4ccccc4)OC[C@H]3O2)c(=O)[nH]c1=O. The minimum atomic E-state index is -3.49. The molecule has 2 aliphatic rings. The van der Waals surface area contributed by atoms with E-state index in [1.807, 2.05) is 44.2 Å². The summed E-state index contributed by atoms with van der Waals surface area (Å²) in [4.78, 5) is 26.6. The first-order valence-corrected chi connectivity index (χ1v) is 11.1. The summed E-state index contributed by atoms with van der Waals surface area (Å²) in [5, 5.41) is 2.86. The standard InChI is InChI=1S/C19H24N3O6P/c1-12(2)14-10-22(19(24)21-18(14)23)17-8-15-16(27-17)11-26-29(25,28-15)20-9-13-6-4-3-5-7-13/h3-7,10,12,15-17H,8-9,11H2,1-2H3,(H,20,25)(H,21,23,24)/t15-,16+,17+,29-/m0/s1. The van der Waals surface area contributed by atoms with Crippen molar-refractivity contribution < 1.29 is 18.3 Å². The van der Waals surface area contributed by atoms with Gasteiger partial charge in [0.15, 0.2) is 0 Å². The molecule has 0 spiro atoms. The van der Waals surface area contributed by atoms with Gasteiger partial charge in [0, 0.05) is 24.7 Å². The number of aromatic amines is 1. The summed E-state index contributed by atoms with van der Waals surface area (Å²) in [6, 6.07) is 9.52. The molecule has 0 aliphatic carbocycles. The molecule has 4 atom stereocenters. The molecular formula is C19H24N3O6P. The Morgan fingerprint density at radius 2 is 2.00 bits per heavy atom. The molecule has 10 heteroatoms. The van der Waals surface area contributed by atoms with Gasteiger partial charge in [-0.2, -0.15) is 0 Å². The highest BCUT2D eigenvalue weighted by Crippen LogP contribution is 2.52. The van der Waals surface area contributed by atoms with Gasteiger partial charge in [-0.3, -0.25) is 23.4 Å². The number of rotatable bonds is 5. The second-order valence-corrected chi connectivity index (χ2v) is 9.31. The van der Waals surface area contributed by atoms with E-state index in [0.717, 1.165) is 5.56 Å². The smallest absolute Gasteiger partial charge is 0.349 e. The van der Waals surface area contributed by atoms with Crippen molar-refractivity contribution in [2.45, 2.75) is 51.2 Å². The zero-order chi connectivity index (χ0) is 20.6. The quantitative estimate of drug-likeness (QED) is 0.713. The van der Waals surface area contributed by atoms with Crippen LogP contribution < -0.4 is 16.3 Å². The van der Waals surface area contributed by atoms with Gasteiger partial charge >= 0.3 is 13.4 Å². The van der Waals surface area contributed by atoms with Crippen molar-refractivity contribution in [3.8, 4) is 0 Å². The molecule has 2 fully saturated rings. The number of aromatic nitrogens is 2. The molecule has 2 N–H and O–H groups in total. The predicted molar refractivity (Wildman–Crippen MR) is 106 cm³/mol. The van der Waals surface area contributed by atoms with Gasteiger partial charge in [-0.1, -0.05) is 44.2 Å². The van der Waals surface area contributed by atoms with Crippen molar-refractivity contribution in [1.82, 2.24) is 14.6 Å². The van der Waals surface area contributed by atoms with E-state index in [1.165, 1.54) is 10.8 Å². The summed E-state index contributed by atoms with van der Waals surface area (Å²) >= 11 is 0. The second kappa shape index (κ2) is 8.01. The summed E-state index contributed by atoms with van der Waals surface area (Å²) in [6.07, 6.45) is 0.304. The third-order valence-electron chi connectivity index (χ3n) is 5.11. The van der Waals surface area contributed by atoms with Gasteiger partial charge in [-0.05, 0) is 11.5 Å². The van der Waals surface area contributed by atoms with Crippen LogP contribution in [0.3, 0.4) is 0 Å². The monoisotopic (exact) mass is 421 g/mol. The third-order valence-corrected chi connectivity index (χ3v) is 6.69. The van der Waals surface area contributed by atoms with Crippen LogP contribution in [0.1, 0.15) is 43.5 Å². The number of nitrogens with zero attached hydrogens (tertiary/aromatic N) is 1. The first kappa shape index (κ1) is 20.3. The Hall–Kier alpha value is -2.03. The van der Waals surface area contributed by atoms with Crippen molar-refractivity contribution in [1.29, 1.82) is 0 Å². The highest BCUT2D eigenvalue weighted by atomic mass is 31.2. The van der Waals surface area contributed by atoms with E-state index in [0.29, 0.717) is 18.5 Å². The summed E-state index contributed by atoms with van der Waals surface area (Å²) < 4.78 is 31.4. The Balaban J connectivity index is 1.47. The average molecular weight is 421 g/mol. The van der Waals surface area contributed by atoms with E-state index < -0.39 is 37.4 Å². The summed E-state index contributed by atoms with van der Waals surface area (Å²) in [7, 11) is -3.49. The lowest BCUT2D eigenvalue weighted by Gasteiger charge is -2.30. The maximum absolute atomic E-state index is 12.9. The molecule has 29 heavy (non-hydrogen) atoms. The normalized spacial score (nSPS) is 29.1. The Kier molecular flexibility index (Phi) is 5.59. The van der Waals surface area contributed by atoms with Gasteiger partial charge < -0.3 is 4.74 Å². The Morgan fingerprint density at radius 3 is 2.72 bits per heavy atom. The molecule has 0 bridgehead atoms. The molecule has 0 amide bonds. The van der Waals surface area contributed by atoms with E-state index in [1.54, 1.807) is 0 Å². The third kappa shape index (κ3) is 4.29. The number of hydrogen-bond donors (Lipinski definition) is 2. The molecule has 0 saturated carbocycles. The number of benzene rings is 1. The lowest BCUT2D eigenvalue weighted by Crippen LogP contribution is -2.36. The molecule has 2 aliphatic heterocycles. The van der Waals surface area contributed by atoms with Crippen LogP contribution in [0.15, 0.2) is 46.1 Å². The molecule has 0 radical (unpaired) electrons. The van der Waals surface area contributed by atoms with E-state index in [-0.39, 0.29) is 12.5 Å². The number of fused-ring (bicyclic) bond motifs is 1. The van der Waals surface area contributed by atoms with Crippen LogP contribution in [0.25, 0.3) is 0 Å². The van der Waals surface area contributed by atoms with E-state index in [2.05, 4.69) is 10.1 Å². The fourth-order valence-corrected chi connectivity index (χ4v) is 5.03. The highest BCUT2D eigenvalue weighted by Gasteiger charge is 2.47. The van der Waals surface area contributed by atoms with Crippen molar-refractivity contribution in [2.75, 3.05) is 6.61 Å². The van der Waals surface area contributed by atoms with E-state index in [4.69, 9.17) is 13.8 Å². The molecule has 156 valence electrons. The van der Waals surface area contributed by atoms with Crippen LogP contribution in [-0.2, 0) is 24.9 Å². The minimum absolute atomic E-state index is 0.0451. The Labute approximate surface area is 167 Å². The van der Waals surface area contributed by atoms with Crippen molar-refractivity contribution in [2.24, 2.45) is 0 Å². The first-order valence-electron chi connectivity index (χ1n) is 9.57. The van der Waals surface area contributed by atoms with Gasteiger partial charge in [0.1, 0.15) is 18.4 Å². The van der Waals surface area contributed by atoms with Crippen LogP contribution in [0.2, 0.25) is 0 Å². The van der Waals surface area contributed by atoms with E-state index in [9.17, 15) is 14.2 Å². The minimum Gasteiger partial charge on any atom is -0.349 e. The van der Waals surface area contributed by atoms with Crippen molar-refractivity contribution >= 4 is 7.75 Å². The number of ether oxygens (including phenoxy) is 1. The summed E-state index contributed by atoms with van der Waals surface area (Å²) in [5.41, 5.74) is 0.509. The lowest BCUT2D eigenvalue weighted by molar-refractivity contribution is -0.0603. The number of nitrogens with one attached hydrogen (secondary N) is 2. The van der Waals surface area contributed by atoms with Crippen LogP contribution in [0.5, 0.6) is 0 Å². The zero-order valence-electron chi connectivity index (χ0n) is 16.2. The number of H-pyrrole nitrogens is 1. The molecule has 9 nitrogen and oxygen atoms in total. The summed E-state index contributed by atoms with van der Waals surface area (Å²) in [5.74, 6) is -0.0451. The molecule has 1 aromatic carbocycles. The van der Waals surface area contributed by atoms with Crippen molar-refractivity contribution in [3.63, 3.8) is 0 Å². The fraction of sp³-hybridized carbons (Fsp3) is 0.474. The lowest BCUT2D eigenvalue weighted by atomic mass is 10.1. The maximum atomic E-state index is 12.9. The molecule has 0 unspecified atom stereocenters. The van der Waals surface area contributed by atoms with Crippen molar-refractivity contribution in [3.05, 3.63) is 68.5 Å². The van der Waals surface area contributed by atoms with Gasteiger partial charge in [0.05, 0.1) is 6.61 Å². The first-order chi connectivity index (χ1) is 13.8. The largest absolute Gasteiger partial charge is 0.406 e. The fourth-order valence-electron chi connectivity index (χ4n) is 3.51. The van der Waals surface area contributed by atoms with Gasteiger partial charge in [0.25, 0.3) is 5.56 Å². The molecule has 2 aromatic rings. The van der Waals surface area contributed by atoms with Crippen LogP contribution in [0, 0.1) is 0 Å². The van der Waals surface area contributed by atoms with Gasteiger partial charge in [-0.15, -0.1) is 0 Å². The van der Waals surface area contributed by atoms with Crippen LogP contribution >= 0.6 is 7.75 Å². The number of hydrogen-bond acceptors (Lipinski definition) is 6. The molecule has 2 saturated heterocycles. The topological polar surface area (TPSA) is 112 Å². The highest BCUT2D eigenvalue weighted by molar-refractivity contribution is 7.51. The van der Waals surface area contributed by atoms with Crippen LogP contribution in [0.4, 0.5) is 0 Å². The molecule has 4 rings (SSSR count). The predicted octanol–water partition coefficient (Wildman–Crippen LogP) is 2.26. The molecule has 3 heterocycles. The average Bonchev–Trinajstić information content (AvgIpc) is 3.09. The molecular weight excluding hydrogens is 397 g/mol. The maximum Gasteiger partial charge on any atom is 0.406 e. The van der Waals surface area contributed by atoms with Gasteiger partial charge in [-0.25, -0.2) is 14.4 Å². The zero-order valence-corrected chi connectivity index (χ0v) is 17.1. The van der Waals surface area contributed by atoms with Gasteiger partial charge in [0.2, 0.25) is 0 Å².